The number of aromatic nitrogens is 4. The van der Waals surface area contributed by atoms with E-state index < -0.39 is 21.3 Å². The molecule has 1 aromatic rings. The van der Waals surface area contributed by atoms with Gasteiger partial charge in [0, 0.05) is 6.26 Å². The van der Waals surface area contributed by atoms with Gasteiger partial charge in [0.15, 0.2) is 21.2 Å². The van der Waals surface area contributed by atoms with Crippen LogP contribution in [0.2, 0.25) is 0 Å². The zero-order valence-corrected chi connectivity index (χ0v) is 11.3. The van der Waals surface area contributed by atoms with Crippen LogP contribution in [0.3, 0.4) is 0 Å². The van der Waals surface area contributed by atoms with E-state index in [1.54, 1.807) is 13.8 Å². The molecule has 1 rings (SSSR count). The zero-order chi connectivity index (χ0) is 14.0. The third-order valence-electron chi connectivity index (χ3n) is 2.90. The van der Waals surface area contributed by atoms with Crippen molar-refractivity contribution in [2.75, 3.05) is 6.26 Å². The summed E-state index contributed by atoms with van der Waals surface area (Å²) in [6, 6.07) is 0. The van der Waals surface area contributed by atoms with Gasteiger partial charge in [0.05, 0.1) is 0 Å². The molecule has 1 aromatic heterocycles. The topological polar surface area (TPSA) is 115 Å². The summed E-state index contributed by atoms with van der Waals surface area (Å²) in [5.41, 5.74) is -1.30. The van der Waals surface area contributed by atoms with Crippen LogP contribution in [0.5, 0.6) is 0 Å². The van der Waals surface area contributed by atoms with Crippen molar-refractivity contribution in [2.24, 2.45) is 0 Å². The molecule has 0 radical (unpaired) electrons. The van der Waals surface area contributed by atoms with E-state index >= 15 is 0 Å². The average molecular weight is 276 g/mol. The molecule has 1 N–H and O–H groups in total. The van der Waals surface area contributed by atoms with Crippen LogP contribution in [-0.4, -0.2) is 46.0 Å². The molecule has 0 aliphatic rings. The van der Waals surface area contributed by atoms with E-state index in [1.807, 2.05) is 0 Å². The quantitative estimate of drug-likeness (QED) is 0.766. The summed E-state index contributed by atoms with van der Waals surface area (Å²) in [6.45, 7) is 3.40. The molecule has 1 heterocycles. The van der Waals surface area contributed by atoms with Gasteiger partial charge in [-0.05, 0) is 23.3 Å². The monoisotopic (exact) mass is 276 g/mol. The van der Waals surface area contributed by atoms with Crippen molar-refractivity contribution in [3.63, 3.8) is 0 Å². The van der Waals surface area contributed by atoms with Crippen molar-refractivity contribution in [2.45, 2.75) is 38.0 Å². The van der Waals surface area contributed by atoms with Crippen LogP contribution in [0.25, 0.3) is 0 Å². The lowest BCUT2D eigenvalue weighted by Gasteiger charge is -2.27. The number of tetrazole rings is 1. The fraction of sp³-hybridized carbons (Fsp3) is 0.778. The lowest BCUT2D eigenvalue weighted by Crippen LogP contribution is -2.43. The third-order valence-corrected chi connectivity index (χ3v) is 3.68. The number of hydrogen-bond donors (Lipinski definition) is 1. The Kier molecular flexibility index (Phi) is 4.05. The summed E-state index contributed by atoms with van der Waals surface area (Å²) in [5.74, 6) is -1.41. The maximum absolute atomic E-state index is 11.4. The highest BCUT2D eigenvalue weighted by atomic mass is 32.2. The molecule has 0 bridgehead atoms. The lowest BCUT2D eigenvalue weighted by atomic mass is 9.93. The highest BCUT2D eigenvalue weighted by Crippen LogP contribution is 2.26. The Balaban J connectivity index is 3.31. The number of carbonyl (C=O) groups is 1. The van der Waals surface area contributed by atoms with Crippen LogP contribution in [-0.2, 0) is 25.9 Å². The minimum atomic E-state index is -3.33. The van der Waals surface area contributed by atoms with Crippen LogP contribution in [0.15, 0.2) is 0 Å². The third kappa shape index (κ3) is 2.66. The van der Waals surface area contributed by atoms with E-state index in [1.165, 1.54) is 0 Å². The van der Waals surface area contributed by atoms with E-state index in [0.29, 0.717) is 0 Å². The van der Waals surface area contributed by atoms with Gasteiger partial charge in [0.25, 0.3) is 0 Å². The molecule has 0 aliphatic carbocycles. The van der Waals surface area contributed by atoms with Gasteiger partial charge in [0.1, 0.15) is 5.75 Å². The van der Waals surface area contributed by atoms with Gasteiger partial charge in [-0.1, -0.05) is 13.8 Å². The number of hydrogen-bond acceptors (Lipinski definition) is 6. The summed E-state index contributed by atoms with van der Waals surface area (Å²) in [7, 11) is -3.33. The Morgan fingerprint density at radius 3 is 2.33 bits per heavy atom. The second-order valence-electron chi connectivity index (χ2n) is 4.12. The number of rotatable bonds is 6. The molecular weight excluding hydrogens is 260 g/mol. The van der Waals surface area contributed by atoms with Crippen molar-refractivity contribution < 1.29 is 18.3 Å². The smallest absolute Gasteiger partial charge is 0.331 e. The van der Waals surface area contributed by atoms with Gasteiger partial charge in [-0.25, -0.2) is 17.9 Å². The number of carboxylic acids is 1. The Hall–Kier alpha value is -1.51. The Morgan fingerprint density at radius 2 is 1.94 bits per heavy atom. The Morgan fingerprint density at radius 1 is 1.39 bits per heavy atom. The van der Waals surface area contributed by atoms with Gasteiger partial charge in [-0.3, -0.25) is 0 Å². The first kappa shape index (κ1) is 14.6. The molecule has 8 nitrogen and oxygen atoms in total. The number of carboxylic acid groups (broad SMARTS) is 1. The van der Waals surface area contributed by atoms with Crippen molar-refractivity contribution in [1.29, 1.82) is 0 Å². The molecule has 0 saturated carbocycles. The van der Waals surface area contributed by atoms with Crippen LogP contribution in [0.4, 0.5) is 0 Å². The molecule has 18 heavy (non-hydrogen) atoms. The normalized spacial score (nSPS) is 12.6. The molecule has 102 valence electrons. The highest BCUT2D eigenvalue weighted by molar-refractivity contribution is 7.89. The fourth-order valence-electron chi connectivity index (χ4n) is 1.81. The van der Waals surface area contributed by atoms with Gasteiger partial charge in [-0.15, -0.1) is 5.10 Å². The molecule has 0 unspecified atom stereocenters. The van der Waals surface area contributed by atoms with Crippen molar-refractivity contribution in [3.05, 3.63) is 5.82 Å². The fourth-order valence-corrected chi connectivity index (χ4v) is 2.45. The molecular formula is C9H16N4O4S. The summed E-state index contributed by atoms with van der Waals surface area (Å²) in [6.07, 6.45) is 1.58. The molecule has 9 heteroatoms. The standard InChI is InChI=1S/C9H16N4O4S/c1-4-9(5-2,8(14)15)13-7(10-11-12-13)6-18(3,16)17/h4-6H2,1-3H3,(H,14,15). The lowest BCUT2D eigenvalue weighted by molar-refractivity contribution is -0.148. The predicted molar refractivity (Wildman–Crippen MR) is 62.6 cm³/mol. The first-order valence-corrected chi connectivity index (χ1v) is 7.51. The maximum atomic E-state index is 11.4. The molecule has 0 spiro atoms. The molecule has 0 fully saturated rings. The molecule has 0 atom stereocenters. The van der Waals surface area contributed by atoms with Gasteiger partial charge >= 0.3 is 5.97 Å². The van der Waals surface area contributed by atoms with E-state index in [4.69, 9.17) is 0 Å². The molecule has 0 saturated heterocycles. The van der Waals surface area contributed by atoms with Crippen molar-refractivity contribution in [1.82, 2.24) is 20.2 Å². The SMILES string of the molecule is CCC(CC)(C(=O)O)n1nnnc1CS(C)(=O)=O. The van der Waals surface area contributed by atoms with Crippen LogP contribution < -0.4 is 0 Å². The number of nitrogens with zero attached hydrogens (tertiary/aromatic N) is 4. The first-order chi connectivity index (χ1) is 8.27. The molecule has 0 aromatic carbocycles. The predicted octanol–water partition coefficient (Wildman–Crippen LogP) is -0.182. The summed E-state index contributed by atoms with van der Waals surface area (Å²) in [5, 5.41) is 20.0. The van der Waals surface area contributed by atoms with E-state index in [0.717, 1.165) is 10.9 Å². The highest BCUT2D eigenvalue weighted by Gasteiger charge is 2.40. The second-order valence-corrected chi connectivity index (χ2v) is 6.26. The first-order valence-electron chi connectivity index (χ1n) is 5.45. The van der Waals surface area contributed by atoms with Crippen LogP contribution in [0.1, 0.15) is 32.5 Å². The van der Waals surface area contributed by atoms with Crippen LogP contribution >= 0.6 is 0 Å². The van der Waals surface area contributed by atoms with E-state index in [2.05, 4.69) is 15.5 Å². The Labute approximate surface area is 105 Å². The molecule has 0 aliphatic heterocycles. The largest absolute Gasteiger partial charge is 0.479 e. The van der Waals surface area contributed by atoms with Crippen molar-refractivity contribution >= 4 is 15.8 Å². The summed E-state index contributed by atoms with van der Waals surface area (Å²) >= 11 is 0. The minimum absolute atomic E-state index is 0.0450. The van der Waals surface area contributed by atoms with Gasteiger partial charge in [0.2, 0.25) is 0 Å². The van der Waals surface area contributed by atoms with E-state index in [-0.39, 0.29) is 24.4 Å². The summed E-state index contributed by atoms with van der Waals surface area (Å²) in [4.78, 5) is 11.4. The zero-order valence-electron chi connectivity index (χ0n) is 10.5. The van der Waals surface area contributed by atoms with Gasteiger partial charge in [-0.2, -0.15) is 0 Å². The Bertz CT molecular complexity index is 533. The second kappa shape index (κ2) is 5.01. The van der Waals surface area contributed by atoms with Crippen molar-refractivity contribution in [3.8, 4) is 0 Å². The minimum Gasteiger partial charge on any atom is -0.479 e. The van der Waals surface area contributed by atoms with E-state index in [9.17, 15) is 18.3 Å². The number of sulfone groups is 1. The maximum Gasteiger partial charge on any atom is 0.331 e. The number of aliphatic carboxylic acids is 1. The average Bonchev–Trinajstić information content (AvgIpc) is 2.66. The molecule has 0 amide bonds. The van der Waals surface area contributed by atoms with Crippen LogP contribution in [0, 0.1) is 0 Å². The van der Waals surface area contributed by atoms with Gasteiger partial charge < -0.3 is 5.11 Å². The summed E-state index contributed by atoms with van der Waals surface area (Å²) < 4.78 is 23.6.